The molecule has 0 unspecified atom stereocenters. The molecule has 1 fully saturated rings. The predicted molar refractivity (Wildman–Crippen MR) is 33.6 cm³/mol. The Kier molecular flexibility index (Phi) is 11.8. The summed E-state index contributed by atoms with van der Waals surface area (Å²) in [6.07, 6.45) is 4.22. The fraction of sp³-hybridized carbons (Fsp3) is 1.00. The fourth-order valence-corrected chi connectivity index (χ4v) is 0.802. The summed E-state index contributed by atoms with van der Waals surface area (Å²) in [5.41, 5.74) is 0. The van der Waals surface area contributed by atoms with Gasteiger partial charge in [0.15, 0.2) is 0 Å². The van der Waals surface area contributed by atoms with Crippen molar-refractivity contribution in [3.05, 3.63) is 0 Å². The van der Waals surface area contributed by atoms with Gasteiger partial charge in [0.2, 0.25) is 0 Å². The Morgan fingerprint density at radius 1 is 1.00 bits per heavy atom. The summed E-state index contributed by atoms with van der Waals surface area (Å²) in [5, 5.41) is 3.28. The van der Waals surface area contributed by atoms with Crippen LogP contribution in [0.5, 0.6) is 0 Å². The van der Waals surface area contributed by atoms with E-state index in [0.29, 0.717) is 0 Å². The molecule has 1 nitrogen and oxygen atoms in total. The van der Waals surface area contributed by atoms with Crippen molar-refractivity contribution >= 4 is 8.41 Å². The Bertz CT molecular complexity index is 32.4. The van der Waals surface area contributed by atoms with E-state index in [0.717, 1.165) is 0 Å². The molecule has 0 aromatic rings. The Morgan fingerprint density at radius 3 is 1.62 bits per heavy atom. The predicted octanol–water partition coefficient (Wildman–Crippen LogP) is -2.50. The van der Waals surface area contributed by atoms with Crippen LogP contribution in [0.25, 0.3) is 0 Å². The standard InChI is InChI=1S/C5H11N.B.Na.H/c1-2-4-6-5-3-1;;;/h6H,1-5H2;;;/q;;+1;-1. The Hall–Kier alpha value is 1.02. The van der Waals surface area contributed by atoms with Crippen LogP contribution >= 0.6 is 0 Å². The smallest absolute Gasteiger partial charge is 1.00 e. The zero-order chi connectivity index (χ0) is 4.24. The molecule has 1 aliphatic heterocycles. The van der Waals surface area contributed by atoms with Crippen LogP contribution in [-0.4, -0.2) is 21.5 Å². The molecule has 8 heavy (non-hydrogen) atoms. The summed E-state index contributed by atoms with van der Waals surface area (Å²) in [6, 6.07) is 0. The van der Waals surface area contributed by atoms with E-state index in [-0.39, 0.29) is 39.4 Å². The van der Waals surface area contributed by atoms with Crippen molar-refractivity contribution in [3.63, 3.8) is 0 Å². The van der Waals surface area contributed by atoms with Gasteiger partial charge < -0.3 is 6.74 Å². The van der Waals surface area contributed by atoms with Crippen LogP contribution in [0.4, 0.5) is 0 Å². The van der Waals surface area contributed by atoms with E-state index in [9.17, 15) is 0 Å². The molecule has 0 saturated carbocycles. The first-order valence-electron chi connectivity index (χ1n) is 2.71. The zero-order valence-electron chi connectivity index (χ0n) is 6.61. The van der Waals surface area contributed by atoms with Gasteiger partial charge in [-0.15, -0.1) is 0 Å². The molecule has 1 N–H and O–H groups in total. The molecule has 1 rings (SSSR count). The van der Waals surface area contributed by atoms with Crippen LogP contribution < -0.4 is 34.9 Å². The van der Waals surface area contributed by atoms with Crippen molar-refractivity contribution in [1.29, 1.82) is 0 Å². The maximum absolute atomic E-state index is 3.28. The molecular weight excluding hydrogens is 108 g/mol. The second kappa shape index (κ2) is 8.02. The summed E-state index contributed by atoms with van der Waals surface area (Å²) < 4.78 is 0. The summed E-state index contributed by atoms with van der Waals surface area (Å²) in [7, 11) is 0. The van der Waals surface area contributed by atoms with E-state index in [2.05, 4.69) is 5.32 Å². The monoisotopic (exact) mass is 120 g/mol. The number of hydrogen-bond acceptors (Lipinski definition) is 1. The number of nitrogens with one attached hydrogen (secondary N) is 1. The Morgan fingerprint density at radius 2 is 1.50 bits per heavy atom. The molecule has 0 bridgehead atoms. The largest absolute Gasteiger partial charge is 1.00 e. The van der Waals surface area contributed by atoms with E-state index in [1.165, 1.54) is 32.4 Å². The first kappa shape index (κ1) is 11.8. The van der Waals surface area contributed by atoms with Gasteiger partial charge in [0, 0.05) is 8.41 Å². The van der Waals surface area contributed by atoms with E-state index >= 15 is 0 Å². The molecule has 3 heteroatoms. The third kappa shape index (κ3) is 5.17. The average Bonchev–Trinajstić information content (AvgIpc) is 1.72. The van der Waals surface area contributed by atoms with Crippen LogP contribution in [0, 0.1) is 0 Å². The summed E-state index contributed by atoms with van der Waals surface area (Å²) >= 11 is 0. The SMILES string of the molecule is C1CCNCC1.[B].[H-].[Na+]. The molecule has 0 aliphatic carbocycles. The summed E-state index contributed by atoms with van der Waals surface area (Å²) in [6.45, 7) is 2.50. The molecule has 0 spiro atoms. The van der Waals surface area contributed by atoms with Crippen molar-refractivity contribution in [2.45, 2.75) is 19.3 Å². The van der Waals surface area contributed by atoms with Crippen molar-refractivity contribution in [2.24, 2.45) is 0 Å². The fourth-order valence-electron chi connectivity index (χ4n) is 0.802. The van der Waals surface area contributed by atoms with Gasteiger partial charge in [-0.25, -0.2) is 0 Å². The Labute approximate surface area is 77.0 Å². The van der Waals surface area contributed by atoms with E-state index in [1.54, 1.807) is 0 Å². The minimum absolute atomic E-state index is 0. The zero-order valence-corrected chi connectivity index (χ0v) is 7.61. The number of piperidine rings is 1. The van der Waals surface area contributed by atoms with Crippen LogP contribution in [0.1, 0.15) is 20.7 Å². The normalized spacial score (nSPS) is 18.0. The van der Waals surface area contributed by atoms with Gasteiger partial charge in [-0.1, -0.05) is 6.42 Å². The minimum atomic E-state index is 0. The molecule has 3 radical (unpaired) electrons. The van der Waals surface area contributed by atoms with Gasteiger partial charge in [0.1, 0.15) is 0 Å². The van der Waals surface area contributed by atoms with Gasteiger partial charge in [0.05, 0.1) is 0 Å². The van der Waals surface area contributed by atoms with Crippen molar-refractivity contribution in [3.8, 4) is 0 Å². The van der Waals surface area contributed by atoms with Gasteiger partial charge >= 0.3 is 29.6 Å². The summed E-state index contributed by atoms with van der Waals surface area (Å²) in [5.74, 6) is 0. The van der Waals surface area contributed by atoms with Gasteiger partial charge in [0.25, 0.3) is 0 Å². The van der Waals surface area contributed by atoms with Gasteiger partial charge in [-0.05, 0) is 25.9 Å². The molecule has 0 amide bonds. The molecule has 1 aliphatic rings. The van der Waals surface area contributed by atoms with E-state index in [1.807, 2.05) is 0 Å². The maximum atomic E-state index is 3.28. The molecule has 41 valence electrons. The van der Waals surface area contributed by atoms with Crippen molar-refractivity contribution in [1.82, 2.24) is 5.32 Å². The van der Waals surface area contributed by atoms with Gasteiger partial charge in [-0.3, -0.25) is 0 Å². The first-order chi connectivity index (χ1) is 3.00. The number of rotatable bonds is 0. The van der Waals surface area contributed by atoms with Crippen LogP contribution in [0.3, 0.4) is 0 Å². The second-order valence-electron chi connectivity index (χ2n) is 1.81. The Balaban J connectivity index is -0.000000120. The minimum Gasteiger partial charge on any atom is -1.00 e. The molecule has 1 saturated heterocycles. The molecule has 0 atom stereocenters. The third-order valence-electron chi connectivity index (χ3n) is 1.21. The molecule has 0 aromatic carbocycles. The molecular formula is C5H12BNNa. The van der Waals surface area contributed by atoms with E-state index < -0.39 is 0 Å². The van der Waals surface area contributed by atoms with E-state index in [4.69, 9.17) is 0 Å². The number of hydrogen-bond donors (Lipinski definition) is 1. The van der Waals surface area contributed by atoms with Crippen LogP contribution in [-0.2, 0) is 0 Å². The molecule has 1 heterocycles. The average molecular weight is 120 g/mol. The first-order valence-corrected chi connectivity index (χ1v) is 2.71. The van der Waals surface area contributed by atoms with Gasteiger partial charge in [-0.2, -0.15) is 0 Å². The van der Waals surface area contributed by atoms with Crippen molar-refractivity contribution in [2.75, 3.05) is 13.1 Å². The second-order valence-corrected chi connectivity index (χ2v) is 1.81. The molecule has 0 aromatic heterocycles. The topological polar surface area (TPSA) is 12.0 Å². The summed E-state index contributed by atoms with van der Waals surface area (Å²) in [4.78, 5) is 0. The maximum Gasteiger partial charge on any atom is 1.00 e. The van der Waals surface area contributed by atoms with Crippen LogP contribution in [0.2, 0.25) is 0 Å². The van der Waals surface area contributed by atoms with Crippen LogP contribution in [0.15, 0.2) is 0 Å². The quantitative estimate of drug-likeness (QED) is 0.348. The third-order valence-corrected chi connectivity index (χ3v) is 1.21. The van der Waals surface area contributed by atoms with Crippen molar-refractivity contribution < 1.29 is 31.0 Å².